The molecular weight excluding hydrogens is 576 g/mol. The molecule has 2 unspecified atom stereocenters. The van der Waals surface area contributed by atoms with Crippen LogP contribution in [-0.4, -0.2) is 47.5 Å². The molecule has 0 spiro atoms. The maximum atomic E-state index is 15.2. The number of rotatable bonds is 9. The topological polar surface area (TPSA) is 156 Å². The fraction of sp³-hybridized carbons (Fsp3) is 0.233. The average molecular weight is 606 g/mol. The molecule has 5 aromatic rings. The largest absolute Gasteiger partial charge is 0.453 e. The minimum absolute atomic E-state index is 0.0196. The van der Waals surface area contributed by atoms with Gasteiger partial charge in [-0.2, -0.15) is 5.10 Å². The highest BCUT2D eigenvalue weighted by Gasteiger charge is 2.21. The Morgan fingerprint density at radius 1 is 1.02 bits per heavy atom. The summed E-state index contributed by atoms with van der Waals surface area (Å²) in [7, 11) is 0. The van der Waals surface area contributed by atoms with E-state index in [1.54, 1.807) is 27.7 Å². The van der Waals surface area contributed by atoms with Gasteiger partial charge in [0.2, 0.25) is 0 Å². The molecule has 0 fully saturated rings. The molecule has 3 heterocycles. The number of H-pyrrole nitrogens is 1. The Hall–Kier alpha value is -5.37. The van der Waals surface area contributed by atoms with E-state index in [0.717, 1.165) is 29.0 Å². The van der Waals surface area contributed by atoms with Crippen LogP contribution in [0.1, 0.15) is 44.1 Å². The molecule has 5 rings (SSSR count). The van der Waals surface area contributed by atoms with Gasteiger partial charge < -0.3 is 20.5 Å². The fourth-order valence-electron chi connectivity index (χ4n) is 4.34. The van der Waals surface area contributed by atoms with Gasteiger partial charge in [-0.05, 0) is 64.1 Å². The average Bonchev–Trinajstić information content (AvgIpc) is 3.38. The molecule has 4 N–H and O–H groups in total. The summed E-state index contributed by atoms with van der Waals surface area (Å²) in [5.74, 6) is -1.84. The lowest BCUT2D eigenvalue weighted by atomic mass is 10.2. The zero-order valence-electron chi connectivity index (χ0n) is 24.1. The summed E-state index contributed by atoms with van der Waals surface area (Å²) in [6.07, 6.45) is 1.92. The van der Waals surface area contributed by atoms with Crippen molar-refractivity contribution in [2.75, 3.05) is 10.6 Å². The lowest BCUT2D eigenvalue weighted by molar-refractivity contribution is 0.102. The van der Waals surface area contributed by atoms with E-state index in [1.807, 2.05) is 0 Å². The predicted octanol–water partition coefficient (Wildman–Crippen LogP) is 4.36. The number of hydrogen-bond acceptors (Lipinski definition) is 8. The predicted molar refractivity (Wildman–Crippen MR) is 160 cm³/mol. The summed E-state index contributed by atoms with van der Waals surface area (Å²) in [5.41, 5.74) is -1.53. The fourth-order valence-corrected chi connectivity index (χ4v) is 4.34. The maximum absolute atomic E-state index is 15.2. The van der Waals surface area contributed by atoms with Gasteiger partial charge in [0.15, 0.2) is 23.0 Å². The number of pyridine rings is 1. The molecule has 0 saturated carbocycles. The molecule has 2 aromatic carbocycles. The van der Waals surface area contributed by atoms with E-state index < -0.39 is 40.9 Å². The number of carbonyl (C=O) groups is 1. The second-order valence-electron chi connectivity index (χ2n) is 10.4. The third-order valence-corrected chi connectivity index (χ3v) is 6.92. The second-order valence-corrected chi connectivity index (χ2v) is 10.4. The maximum Gasteiger partial charge on any atom is 0.335 e. The third-order valence-electron chi connectivity index (χ3n) is 6.92. The Balaban J connectivity index is 1.43. The Labute approximate surface area is 249 Å². The first-order valence-electron chi connectivity index (χ1n) is 13.6. The van der Waals surface area contributed by atoms with Crippen molar-refractivity contribution >= 4 is 28.4 Å². The molecule has 0 bridgehead atoms. The minimum Gasteiger partial charge on any atom is -0.453 e. The normalized spacial score (nSPS) is 12.7. The van der Waals surface area contributed by atoms with Crippen molar-refractivity contribution in [3.05, 3.63) is 99.0 Å². The van der Waals surface area contributed by atoms with Gasteiger partial charge in [-0.3, -0.25) is 19.3 Å². The van der Waals surface area contributed by atoms with Crippen LogP contribution in [0.25, 0.3) is 16.7 Å². The van der Waals surface area contributed by atoms with Crippen LogP contribution in [-0.2, 0) is 0 Å². The number of carbonyl (C=O) groups excluding carboxylic acids is 1. The van der Waals surface area contributed by atoms with Gasteiger partial charge in [0, 0.05) is 36.3 Å². The van der Waals surface area contributed by atoms with Crippen molar-refractivity contribution in [3.8, 4) is 17.2 Å². The Kier molecular flexibility index (Phi) is 8.27. The summed E-state index contributed by atoms with van der Waals surface area (Å²) in [4.78, 5) is 43.8. The molecule has 44 heavy (non-hydrogen) atoms. The van der Waals surface area contributed by atoms with Gasteiger partial charge in [-0.1, -0.05) is 0 Å². The van der Waals surface area contributed by atoms with Crippen LogP contribution >= 0.6 is 0 Å². The minimum atomic E-state index is -0.924. The molecule has 2 atom stereocenters. The first-order valence-corrected chi connectivity index (χ1v) is 13.6. The summed E-state index contributed by atoms with van der Waals surface area (Å²) < 4.78 is 36.6. The number of ether oxygens (including phenoxy) is 1. The molecule has 0 aliphatic rings. The number of aromatic nitrogens is 5. The number of aromatic amines is 1. The number of nitrogens with zero attached hydrogens (tertiary/aromatic N) is 4. The Morgan fingerprint density at radius 2 is 1.75 bits per heavy atom. The SMILES string of the molecule is CC(O)C(C)Nc1n[nH]c2nccc(Oc3ccc(NC(=O)c4cn(C(C)C)c(=O)n(-c5ccc(F)cc5)c4=O)cc3F)c12. The van der Waals surface area contributed by atoms with Crippen LogP contribution in [0.5, 0.6) is 11.5 Å². The van der Waals surface area contributed by atoms with Crippen molar-refractivity contribution < 1.29 is 23.4 Å². The van der Waals surface area contributed by atoms with Crippen LogP contribution in [0.15, 0.2) is 70.5 Å². The highest BCUT2D eigenvalue weighted by molar-refractivity contribution is 6.04. The van der Waals surface area contributed by atoms with Gasteiger partial charge >= 0.3 is 5.69 Å². The smallest absolute Gasteiger partial charge is 0.335 e. The van der Waals surface area contributed by atoms with Gasteiger partial charge in [0.1, 0.15) is 22.5 Å². The molecule has 14 heteroatoms. The number of halogens is 2. The van der Waals surface area contributed by atoms with Gasteiger partial charge in [0.05, 0.1) is 17.8 Å². The van der Waals surface area contributed by atoms with E-state index in [0.29, 0.717) is 16.9 Å². The third kappa shape index (κ3) is 5.92. The number of aliphatic hydroxyl groups excluding tert-OH is 1. The number of anilines is 2. The molecule has 12 nitrogen and oxygen atoms in total. The lowest BCUT2D eigenvalue weighted by Gasteiger charge is -2.17. The zero-order valence-corrected chi connectivity index (χ0v) is 24.1. The monoisotopic (exact) mass is 605 g/mol. The van der Waals surface area contributed by atoms with Gasteiger partial charge in [0.25, 0.3) is 11.5 Å². The van der Waals surface area contributed by atoms with Crippen LogP contribution in [0.3, 0.4) is 0 Å². The van der Waals surface area contributed by atoms with Crippen molar-refractivity contribution in [1.29, 1.82) is 0 Å². The van der Waals surface area contributed by atoms with E-state index >= 15 is 4.39 Å². The number of aliphatic hydroxyl groups is 1. The first kappa shape index (κ1) is 30.1. The summed E-state index contributed by atoms with van der Waals surface area (Å²) in [5, 5.41) is 22.8. The molecule has 0 aliphatic heterocycles. The summed E-state index contributed by atoms with van der Waals surface area (Å²) in [6.45, 7) is 6.79. The molecule has 0 saturated heterocycles. The number of benzene rings is 2. The highest BCUT2D eigenvalue weighted by atomic mass is 19.1. The van der Waals surface area contributed by atoms with E-state index in [9.17, 15) is 23.9 Å². The standard InChI is InChI=1S/C30H29F2N7O5/c1-15(2)38-14-21(29(42)39(30(38)43)20-8-5-18(31)6-9-20)28(41)35-19-7-10-23(22(32)13-19)44-24-11-12-33-26-25(24)27(37-36-26)34-16(3)17(4)40/h5-17,40H,1-4H3,(H,35,41)(H2,33,34,36,37). The first-order chi connectivity index (χ1) is 20.9. The quantitative estimate of drug-likeness (QED) is 0.193. The van der Waals surface area contributed by atoms with Crippen molar-refractivity contribution in [2.45, 2.75) is 45.9 Å². The highest BCUT2D eigenvalue weighted by Crippen LogP contribution is 2.34. The van der Waals surface area contributed by atoms with E-state index in [4.69, 9.17) is 4.74 Å². The van der Waals surface area contributed by atoms with Gasteiger partial charge in [-0.15, -0.1) is 0 Å². The molecule has 3 aromatic heterocycles. The van der Waals surface area contributed by atoms with Gasteiger partial charge in [-0.25, -0.2) is 23.1 Å². The molecule has 1 amide bonds. The molecular formula is C30H29F2N7O5. The van der Waals surface area contributed by atoms with E-state index in [-0.39, 0.29) is 34.5 Å². The van der Waals surface area contributed by atoms with Crippen molar-refractivity contribution in [3.63, 3.8) is 0 Å². The van der Waals surface area contributed by atoms with Crippen LogP contribution in [0, 0.1) is 11.6 Å². The molecule has 0 radical (unpaired) electrons. The number of fused-ring (bicyclic) bond motifs is 1. The lowest BCUT2D eigenvalue weighted by Crippen LogP contribution is -2.42. The molecule has 228 valence electrons. The van der Waals surface area contributed by atoms with E-state index in [2.05, 4.69) is 25.8 Å². The van der Waals surface area contributed by atoms with Crippen molar-refractivity contribution in [1.82, 2.24) is 24.3 Å². The summed E-state index contributed by atoms with van der Waals surface area (Å²) >= 11 is 0. The number of nitrogens with one attached hydrogen (secondary N) is 3. The Morgan fingerprint density at radius 3 is 2.41 bits per heavy atom. The number of amides is 1. The zero-order chi connectivity index (χ0) is 31.7. The Bertz CT molecular complexity index is 1970. The van der Waals surface area contributed by atoms with Crippen LogP contribution in [0.2, 0.25) is 0 Å². The van der Waals surface area contributed by atoms with Crippen LogP contribution < -0.4 is 26.6 Å². The van der Waals surface area contributed by atoms with E-state index in [1.165, 1.54) is 41.1 Å². The molecule has 0 aliphatic carbocycles. The van der Waals surface area contributed by atoms with Crippen LogP contribution in [0.4, 0.5) is 20.3 Å². The van der Waals surface area contributed by atoms with Crippen molar-refractivity contribution in [2.24, 2.45) is 0 Å². The number of hydrogen-bond donors (Lipinski definition) is 4. The second kappa shape index (κ2) is 12.1. The summed E-state index contributed by atoms with van der Waals surface area (Å²) in [6, 6.07) is 9.16.